The summed E-state index contributed by atoms with van der Waals surface area (Å²) in [6, 6.07) is -0.717. The fourth-order valence-corrected chi connectivity index (χ4v) is 2.83. The minimum absolute atomic E-state index is 0.269. The molecule has 1 aliphatic rings. The van der Waals surface area contributed by atoms with Crippen LogP contribution in [0.1, 0.15) is 46.5 Å². The molecule has 152 valence electrons. The number of carbonyl (C=O) groups excluding carboxylic acids is 1. The highest BCUT2D eigenvalue weighted by Gasteiger charge is 2.47. The first-order chi connectivity index (χ1) is 12.5. The van der Waals surface area contributed by atoms with Crippen LogP contribution in [-0.4, -0.2) is 68.1 Å². The number of nitrogens with one attached hydrogen (secondary N) is 1. The first kappa shape index (κ1) is 23.0. The van der Waals surface area contributed by atoms with Gasteiger partial charge in [0, 0.05) is 20.1 Å². The average Bonchev–Trinajstić information content (AvgIpc) is 2.60. The molecule has 1 amide bonds. The van der Waals surface area contributed by atoms with E-state index in [2.05, 4.69) is 25.7 Å². The summed E-state index contributed by atoms with van der Waals surface area (Å²) in [6.07, 6.45) is 2.85. The van der Waals surface area contributed by atoms with E-state index in [1.165, 1.54) is 6.92 Å². The number of aliphatic hydroxyl groups is 1. The monoisotopic (exact) mass is 373 g/mol. The van der Waals surface area contributed by atoms with Crippen LogP contribution in [-0.2, 0) is 23.7 Å². The molecule has 0 aliphatic carbocycles. The van der Waals surface area contributed by atoms with Crippen molar-refractivity contribution in [3.8, 4) is 0 Å². The molecule has 0 aromatic heterocycles. The van der Waals surface area contributed by atoms with E-state index in [-0.39, 0.29) is 12.5 Å². The second-order valence-corrected chi connectivity index (χ2v) is 6.50. The van der Waals surface area contributed by atoms with Crippen molar-refractivity contribution < 1.29 is 28.8 Å². The van der Waals surface area contributed by atoms with Crippen LogP contribution in [0.15, 0.2) is 12.7 Å². The van der Waals surface area contributed by atoms with Crippen molar-refractivity contribution in [2.24, 2.45) is 0 Å². The van der Waals surface area contributed by atoms with E-state index in [1.807, 2.05) is 0 Å². The SMILES string of the molecule is C=CCOC1C(NC(C)=O)[C@@H](O)OC(COCCCC)[C@H]1OCCCC. The van der Waals surface area contributed by atoms with Crippen LogP contribution in [0.5, 0.6) is 0 Å². The molecule has 0 bridgehead atoms. The standard InChI is InChI=1S/C19H35NO6/c1-5-8-11-23-13-15-17(25-12-9-6-2)18(24-10-7-3)16(19(22)26-15)20-14(4)21/h7,15-19,22H,3,5-6,8-13H2,1-2,4H3,(H,20,21)/t15?,16?,17-,18?,19+/m1/s1. The number of rotatable bonds is 13. The Kier molecular flexibility index (Phi) is 11.7. The third kappa shape index (κ3) is 7.72. The van der Waals surface area contributed by atoms with E-state index in [1.54, 1.807) is 6.08 Å². The van der Waals surface area contributed by atoms with Crippen molar-refractivity contribution in [3.63, 3.8) is 0 Å². The Morgan fingerprint density at radius 2 is 1.88 bits per heavy atom. The zero-order valence-electron chi connectivity index (χ0n) is 16.3. The highest BCUT2D eigenvalue weighted by Crippen LogP contribution is 2.26. The lowest BCUT2D eigenvalue weighted by Gasteiger charge is -2.44. The fourth-order valence-electron chi connectivity index (χ4n) is 2.83. The van der Waals surface area contributed by atoms with E-state index < -0.39 is 30.6 Å². The Labute approximate surface area is 157 Å². The molecule has 1 fully saturated rings. The second-order valence-electron chi connectivity index (χ2n) is 6.50. The predicted octanol–water partition coefficient (Wildman–Crippen LogP) is 1.78. The van der Waals surface area contributed by atoms with Gasteiger partial charge in [-0.3, -0.25) is 4.79 Å². The summed E-state index contributed by atoms with van der Waals surface area (Å²) in [5, 5.41) is 13.1. The summed E-state index contributed by atoms with van der Waals surface area (Å²) in [5.74, 6) is -0.269. The van der Waals surface area contributed by atoms with Crippen LogP contribution in [0, 0.1) is 0 Å². The van der Waals surface area contributed by atoms with E-state index in [0.717, 1.165) is 25.7 Å². The van der Waals surface area contributed by atoms with Crippen molar-refractivity contribution in [2.45, 2.75) is 77.1 Å². The number of hydrogen-bond donors (Lipinski definition) is 2. The van der Waals surface area contributed by atoms with E-state index in [9.17, 15) is 9.90 Å². The van der Waals surface area contributed by atoms with Gasteiger partial charge in [0.25, 0.3) is 0 Å². The first-order valence-electron chi connectivity index (χ1n) is 9.57. The summed E-state index contributed by atoms with van der Waals surface area (Å²) in [7, 11) is 0. The van der Waals surface area contributed by atoms with E-state index in [0.29, 0.717) is 19.8 Å². The molecule has 0 radical (unpaired) electrons. The Bertz CT molecular complexity index is 405. The van der Waals surface area contributed by atoms with Crippen LogP contribution in [0.2, 0.25) is 0 Å². The maximum atomic E-state index is 11.6. The Hall–Kier alpha value is -0.990. The summed E-state index contributed by atoms with van der Waals surface area (Å²) in [4.78, 5) is 11.6. The molecule has 26 heavy (non-hydrogen) atoms. The minimum Gasteiger partial charge on any atom is -0.379 e. The number of unbranched alkanes of at least 4 members (excludes halogenated alkanes) is 2. The zero-order valence-corrected chi connectivity index (χ0v) is 16.3. The largest absolute Gasteiger partial charge is 0.379 e. The lowest BCUT2D eigenvalue weighted by Crippen LogP contribution is -2.65. The van der Waals surface area contributed by atoms with Gasteiger partial charge in [0.2, 0.25) is 5.91 Å². The molecule has 7 nitrogen and oxygen atoms in total. The Morgan fingerprint density at radius 1 is 1.19 bits per heavy atom. The van der Waals surface area contributed by atoms with Crippen molar-refractivity contribution >= 4 is 5.91 Å². The van der Waals surface area contributed by atoms with Gasteiger partial charge in [0.15, 0.2) is 6.29 Å². The third-order valence-corrected chi connectivity index (χ3v) is 4.17. The molecule has 0 spiro atoms. The van der Waals surface area contributed by atoms with Gasteiger partial charge in [-0.2, -0.15) is 0 Å². The topological polar surface area (TPSA) is 86.3 Å². The first-order valence-corrected chi connectivity index (χ1v) is 9.57. The van der Waals surface area contributed by atoms with Gasteiger partial charge in [-0.15, -0.1) is 6.58 Å². The van der Waals surface area contributed by atoms with Crippen LogP contribution in [0.25, 0.3) is 0 Å². The number of carbonyl (C=O) groups is 1. The van der Waals surface area contributed by atoms with Crippen LogP contribution < -0.4 is 5.32 Å². The molecule has 0 aromatic carbocycles. The Balaban J connectivity index is 2.89. The Morgan fingerprint density at radius 3 is 2.50 bits per heavy atom. The van der Waals surface area contributed by atoms with Gasteiger partial charge in [0.05, 0.1) is 13.2 Å². The van der Waals surface area contributed by atoms with Gasteiger partial charge in [0.1, 0.15) is 24.4 Å². The molecule has 0 saturated carbocycles. The number of amides is 1. The highest BCUT2D eigenvalue weighted by molar-refractivity contribution is 5.73. The van der Waals surface area contributed by atoms with Gasteiger partial charge in [-0.25, -0.2) is 0 Å². The molecule has 0 aromatic rings. The van der Waals surface area contributed by atoms with Crippen LogP contribution >= 0.6 is 0 Å². The molecule has 3 unspecified atom stereocenters. The van der Waals surface area contributed by atoms with E-state index >= 15 is 0 Å². The summed E-state index contributed by atoms with van der Waals surface area (Å²) in [5.41, 5.74) is 0. The van der Waals surface area contributed by atoms with Crippen LogP contribution in [0.4, 0.5) is 0 Å². The zero-order chi connectivity index (χ0) is 19.4. The quantitative estimate of drug-likeness (QED) is 0.378. The molecule has 2 N–H and O–H groups in total. The fraction of sp³-hybridized carbons (Fsp3) is 0.842. The van der Waals surface area contributed by atoms with Crippen molar-refractivity contribution in [1.82, 2.24) is 5.32 Å². The second kappa shape index (κ2) is 13.2. The molecule has 1 rings (SSSR count). The summed E-state index contributed by atoms with van der Waals surface area (Å²) < 4.78 is 23.3. The van der Waals surface area contributed by atoms with Gasteiger partial charge in [-0.1, -0.05) is 32.8 Å². The molecule has 1 saturated heterocycles. The molecular weight excluding hydrogens is 338 g/mol. The lowest BCUT2D eigenvalue weighted by atomic mass is 9.96. The molecule has 5 atom stereocenters. The smallest absolute Gasteiger partial charge is 0.217 e. The van der Waals surface area contributed by atoms with Gasteiger partial charge in [-0.05, 0) is 12.8 Å². The number of aliphatic hydroxyl groups excluding tert-OH is 1. The normalized spacial score (nSPS) is 28.7. The maximum Gasteiger partial charge on any atom is 0.217 e. The minimum atomic E-state index is -1.19. The average molecular weight is 373 g/mol. The number of hydrogen-bond acceptors (Lipinski definition) is 6. The highest BCUT2D eigenvalue weighted by atomic mass is 16.7. The predicted molar refractivity (Wildman–Crippen MR) is 98.8 cm³/mol. The van der Waals surface area contributed by atoms with E-state index in [4.69, 9.17) is 18.9 Å². The summed E-state index contributed by atoms with van der Waals surface area (Å²) in [6.45, 7) is 11.0. The lowest BCUT2D eigenvalue weighted by molar-refractivity contribution is -0.272. The molecule has 1 heterocycles. The van der Waals surface area contributed by atoms with Gasteiger partial charge < -0.3 is 29.4 Å². The molecule has 1 aliphatic heterocycles. The van der Waals surface area contributed by atoms with Crippen molar-refractivity contribution in [2.75, 3.05) is 26.4 Å². The summed E-state index contributed by atoms with van der Waals surface area (Å²) >= 11 is 0. The molecule has 7 heteroatoms. The maximum absolute atomic E-state index is 11.6. The molecular formula is C19H35NO6. The van der Waals surface area contributed by atoms with Gasteiger partial charge >= 0.3 is 0 Å². The van der Waals surface area contributed by atoms with Crippen molar-refractivity contribution in [3.05, 3.63) is 12.7 Å². The van der Waals surface area contributed by atoms with Crippen LogP contribution in [0.3, 0.4) is 0 Å². The number of ether oxygens (including phenoxy) is 4. The van der Waals surface area contributed by atoms with Crippen molar-refractivity contribution in [1.29, 1.82) is 0 Å². The third-order valence-electron chi connectivity index (χ3n) is 4.17.